The summed E-state index contributed by atoms with van der Waals surface area (Å²) in [7, 11) is 0. The third kappa shape index (κ3) is 1.65. The SMILES string of the molecule is Cc1ccc2nc(C(C)Cl)n(C3C(C)(C)C3(C)C)c2n1. The van der Waals surface area contributed by atoms with Crippen molar-refractivity contribution in [1.29, 1.82) is 0 Å². The van der Waals surface area contributed by atoms with E-state index in [9.17, 15) is 0 Å². The molecular formula is C16H22ClN3. The van der Waals surface area contributed by atoms with Gasteiger partial charge in [0, 0.05) is 11.7 Å². The number of aromatic nitrogens is 3. The van der Waals surface area contributed by atoms with Gasteiger partial charge in [0.05, 0.1) is 5.38 Å². The van der Waals surface area contributed by atoms with Gasteiger partial charge >= 0.3 is 0 Å². The highest BCUT2D eigenvalue weighted by atomic mass is 35.5. The van der Waals surface area contributed by atoms with E-state index in [1.165, 1.54) is 0 Å². The molecule has 2 aromatic heterocycles. The summed E-state index contributed by atoms with van der Waals surface area (Å²) in [5.74, 6) is 0.934. The molecule has 1 fully saturated rings. The minimum Gasteiger partial charge on any atom is -0.307 e. The molecule has 20 heavy (non-hydrogen) atoms. The van der Waals surface area contributed by atoms with Crippen LogP contribution in [0.15, 0.2) is 12.1 Å². The van der Waals surface area contributed by atoms with Gasteiger partial charge in [-0.15, -0.1) is 11.6 Å². The molecule has 0 saturated heterocycles. The number of hydrogen-bond donors (Lipinski definition) is 0. The Kier molecular flexibility index (Phi) is 2.75. The molecule has 1 saturated carbocycles. The van der Waals surface area contributed by atoms with Gasteiger partial charge in [-0.25, -0.2) is 9.97 Å². The first-order valence-corrected chi connectivity index (χ1v) is 7.61. The molecule has 0 aliphatic heterocycles. The van der Waals surface area contributed by atoms with E-state index in [1.54, 1.807) is 0 Å². The topological polar surface area (TPSA) is 30.7 Å². The lowest BCUT2D eigenvalue weighted by Crippen LogP contribution is -2.08. The van der Waals surface area contributed by atoms with Crippen LogP contribution in [0.5, 0.6) is 0 Å². The highest BCUT2D eigenvalue weighted by molar-refractivity contribution is 6.20. The summed E-state index contributed by atoms with van der Waals surface area (Å²) < 4.78 is 2.28. The van der Waals surface area contributed by atoms with Crippen molar-refractivity contribution in [1.82, 2.24) is 14.5 Å². The third-order valence-electron chi connectivity index (χ3n) is 5.26. The Labute approximate surface area is 125 Å². The van der Waals surface area contributed by atoms with Crippen LogP contribution in [0.3, 0.4) is 0 Å². The van der Waals surface area contributed by atoms with Crippen molar-refractivity contribution in [3.63, 3.8) is 0 Å². The van der Waals surface area contributed by atoms with Gasteiger partial charge in [0.15, 0.2) is 5.65 Å². The number of hydrogen-bond acceptors (Lipinski definition) is 2. The predicted octanol–water partition coefficient (Wildman–Crippen LogP) is 4.65. The number of alkyl halides is 1. The van der Waals surface area contributed by atoms with E-state index in [4.69, 9.17) is 21.6 Å². The number of imidazole rings is 1. The van der Waals surface area contributed by atoms with Gasteiger partial charge in [0.2, 0.25) is 0 Å². The van der Waals surface area contributed by atoms with Gasteiger partial charge in [-0.3, -0.25) is 0 Å². The molecule has 1 aliphatic rings. The van der Waals surface area contributed by atoms with Crippen molar-refractivity contribution in [2.75, 3.05) is 0 Å². The predicted molar refractivity (Wildman–Crippen MR) is 83.1 cm³/mol. The molecule has 0 radical (unpaired) electrons. The van der Waals surface area contributed by atoms with Gasteiger partial charge < -0.3 is 4.57 Å². The number of halogens is 1. The van der Waals surface area contributed by atoms with E-state index < -0.39 is 0 Å². The Morgan fingerprint density at radius 3 is 2.25 bits per heavy atom. The highest BCUT2D eigenvalue weighted by Gasteiger charge is 2.66. The summed E-state index contributed by atoms with van der Waals surface area (Å²) in [6.07, 6.45) is 0. The molecule has 1 unspecified atom stereocenters. The van der Waals surface area contributed by atoms with E-state index in [0.29, 0.717) is 6.04 Å². The number of pyridine rings is 1. The van der Waals surface area contributed by atoms with Crippen LogP contribution in [-0.4, -0.2) is 14.5 Å². The van der Waals surface area contributed by atoms with Crippen molar-refractivity contribution in [3.05, 3.63) is 23.7 Å². The molecule has 1 atom stereocenters. The van der Waals surface area contributed by atoms with Crippen molar-refractivity contribution in [2.45, 2.75) is 53.0 Å². The zero-order valence-corrected chi connectivity index (χ0v) is 13.8. The molecule has 4 heteroatoms. The number of nitrogens with zero attached hydrogens (tertiary/aromatic N) is 3. The molecular weight excluding hydrogens is 270 g/mol. The lowest BCUT2D eigenvalue weighted by atomic mass is 10.0. The molecule has 3 nitrogen and oxygen atoms in total. The summed E-state index contributed by atoms with van der Waals surface area (Å²) in [4.78, 5) is 9.43. The summed E-state index contributed by atoms with van der Waals surface area (Å²) in [6, 6.07) is 4.44. The molecule has 2 heterocycles. The Hall–Kier alpha value is -1.09. The maximum Gasteiger partial charge on any atom is 0.160 e. The summed E-state index contributed by atoms with van der Waals surface area (Å²) in [6.45, 7) is 13.2. The van der Waals surface area contributed by atoms with Gasteiger partial charge in [-0.2, -0.15) is 0 Å². The van der Waals surface area contributed by atoms with E-state index in [1.807, 2.05) is 26.0 Å². The second-order valence-corrected chi connectivity index (χ2v) is 7.75. The Balaban J connectivity index is 2.28. The standard InChI is InChI=1S/C16H22ClN3/c1-9-7-8-11-13(18-9)20(12(19-11)10(2)17)14-15(3,4)16(14,5)6/h7-8,10,14H,1-6H3. The fourth-order valence-electron chi connectivity index (χ4n) is 3.43. The minimum atomic E-state index is -0.114. The maximum atomic E-state index is 6.37. The Morgan fingerprint density at radius 1 is 1.15 bits per heavy atom. The molecule has 0 N–H and O–H groups in total. The van der Waals surface area contributed by atoms with E-state index in [-0.39, 0.29) is 16.2 Å². The van der Waals surface area contributed by atoms with E-state index in [0.717, 1.165) is 22.7 Å². The summed E-state index contributed by atoms with van der Waals surface area (Å²) in [5.41, 5.74) is 3.38. The normalized spacial score (nSPS) is 22.1. The van der Waals surface area contributed by atoms with Crippen LogP contribution in [-0.2, 0) is 0 Å². The van der Waals surface area contributed by atoms with Crippen molar-refractivity contribution >= 4 is 22.8 Å². The number of rotatable bonds is 2. The molecule has 0 spiro atoms. The zero-order chi connectivity index (χ0) is 14.9. The van der Waals surface area contributed by atoms with Crippen molar-refractivity contribution < 1.29 is 0 Å². The largest absolute Gasteiger partial charge is 0.307 e. The van der Waals surface area contributed by atoms with Crippen molar-refractivity contribution in [3.8, 4) is 0 Å². The lowest BCUT2D eigenvalue weighted by Gasteiger charge is -2.12. The minimum absolute atomic E-state index is 0.114. The first kappa shape index (κ1) is 13.9. The van der Waals surface area contributed by atoms with Gasteiger partial charge in [-0.05, 0) is 36.8 Å². The van der Waals surface area contributed by atoms with Crippen molar-refractivity contribution in [2.24, 2.45) is 10.8 Å². The van der Waals surface area contributed by atoms with Gasteiger partial charge in [-0.1, -0.05) is 27.7 Å². The summed E-state index contributed by atoms with van der Waals surface area (Å²) in [5, 5.41) is -0.114. The first-order valence-electron chi connectivity index (χ1n) is 7.17. The van der Waals surface area contributed by atoms with Crippen LogP contribution >= 0.6 is 11.6 Å². The number of fused-ring (bicyclic) bond motifs is 1. The molecule has 2 aromatic rings. The van der Waals surface area contributed by atoms with Crippen LogP contribution in [0.25, 0.3) is 11.2 Å². The van der Waals surface area contributed by atoms with Crippen LogP contribution in [0.2, 0.25) is 0 Å². The monoisotopic (exact) mass is 291 g/mol. The molecule has 0 aromatic carbocycles. The average Bonchev–Trinajstić information content (AvgIpc) is 2.64. The smallest absolute Gasteiger partial charge is 0.160 e. The Morgan fingerprint density at radius 2 is 1.75 bits per heavy atom. The molecule has 0 bridgehead atoms. The second kappa shape index (κ2) is 3.97. The fraction of sp³-hybridized carbons (Fsp3) is 0.625. The van der Waals surface area contributed by atoms with Gasteiger partial charge in [0.25, 0.3) is 0 Å². The quantitative estimate of drug-likeness (QED) is 0.754. The fourth-order valence-corrected chi connectivity index (χ4v) is 3.58. The zero-order valence-electron chi connectivity index (χ0n) is 13.0. The first-order chi connectivity index (χ1) is 9.18. The molecule has 1 aliphatic carbocycles. The lowest BCUT2D eigenvalue weighted by molar-refractivity contribution is 0.457. The third-order valence-corrected chi connectivity index (χ3v) is 5.46. The molecule has 0 amide bonds. The van der Waals surface area contributed by atoms with Crippen LogP contribution < -0.4 is 0 Å². The highest BCUT2D eigenvalue weighted by Crippen LogP contribution is 2.72. The van der Waals surface area contributed by atoms with Gasteiger partial charge in [0.1, 0.15) is 11.3 Å². The number of aryl methyl sites for hydroxylation is 1. The van der Waals surface area contributed by atoms with E-state index in [2.05, 4.69) is 32.3 Å². The maximum absolute atomic E-state index is 6.37. The molecule has 3 rings (SSSR count). The summed E-state index contributed by atoms with van der Waals surface area (Å²) >= 11 is 6.37. The molecule has 108 valence electrons. The second-order valence-electron chi connectivity index (χ2n) is 7.10. The van der Waals surface area contributed by atoms with Crippen LogP contribution in [0.4, 0.5) is 0 Å². The van der Waals surface area contributed by atoms with Crippen LogP contribution in [0.1, 0.15) is 57.6 Å². The van der Waals surface area contributed by atoms with E-state index >= 15 is 0 Å². The Bertz CT molecular complexity index is 668. The average molecular weight is 292 g/mol. The van der Waals surface area contributed by atoms with Crippen LogP contribution in [0, 0.1) is 17.8 Å².